The molecule has 1 amide bonds. The van der Waals surface area contributed by atoms with Crippen molar-refractivity contribution in [3.63, 3.8) is 0 Å². The third-order valence-electron chi connectivity index (χ3n) is 4.25. The summed E-state index contributed by atoms with van der Waals surface area (Å²) >= 11 is 0. The first-order valence-corrected chi connectivity index (χ1v) is 8.02. The van der Waals surface area contributed by atoms with Gasteiger partial charge in [-0.25, -0.2) is 4.98 Å². The van der Waals surface area contributed by atoms with Gasteiger partial charge in [-0.1, -0.05) is 5.16 Å². The van der Waals surface area contributed by atoms with Crippen molar-refractivity contribution in [2.24, 2.45) is 13.0 Å². The summed E-state index contributed by atoms with van der Waals surface area (Å²) in [5, 5.41) is 6.52. The molecule has 1 fully saturated rings. The van der Waals surface area contributed by atoms with E-state index in [1.165, 1.54) is 6.42 Å². The topological polar surface area (TPSA) is 76.2 Å². The number of imidazole rings is 1. The molecule has 2 aromatic rings. The van der Waals surface area contributed by atoms with Crippen molar-refractivity contribution in [2.75, 3.05) is 25.0 Å². The predicted octanol–water partition coefficient (Wildman–Crippen LogP) is 1.61. The average molecular weight is 317 g/mol. The molecule has 0 aliphatic carbocycles. The van der Waals surface area contributed by atoms with Crippen LogP contribution in [0.25, 0.3) is 0 Å². The van der Waals surface area contributed by atoms with Crippen molar-refractivity contribution in [3.05, 3.63) is 30.0 Å². The first kappa shape index (κ1) is 15.7. The van der Waals surface area contributed by atoms with E-state index in [9.17, 15) is 4.79 Å². The summed E-state index contributed by atoms with van der Waals surface area (Å²) < 4.78 is 7.08. The highest BCUT2D eigenvalue weighted by atomic mass is 16.5. The molecular formula is C16H23N5O2. The molecule has 0 unspecified atom stereocenters. The van der Waals surface area contributed by atoms with Gasteiger partial charge in [-0.2, -0.15) is 0 Å². The number of carbonyl (C=O) groups is 1. The average Bonchev–Trinajstić information content (AvgIpc) is 3.08. The van der Waals surface area contributed by atoms with Crippen LogP contribution in [-0.4, -0.2) is 45.1 Å². The molecule has 124 valence electrons. The molecule has 1 N–H and O–H groups in total. The molecule has 1 atom stereocenters. The van der Waals surface area contributed by atoms with Crippen LogP contribution in [0, 0.1) is 12.8 Å². The van der Waals surface area contributed by atoms with Gasteiger partial charge in [-0.05, 0) is 32.2 Å². The first-order chi connectivity index (χ1) is 11.1. The molecule has 23 heavy (non-hydrogen) atoms. The van der Waals surface area contributed by atoms with Gasteiger partial charge in [0.2, 0.25) is 11.8 Å². The maximum atomic E-state index is 12.1. The Morgan fingerprint density at radius 3 is 3.09 bits per heavy atom. The summed E-state index contributed by atoms with van der Waals surface area (Å²) in [5.41, 5.74) is 0.758. The van der Waals surface area contributed by atoms with Gasteiger partial charge in [-0.3, -0.25) is 15.0 Å². The Bertz CT molecular complexity index is 663. The first-order valence-electron chi connectivity index (χ1n) is 8.02. The number of nitrogens with one attached hydrogen (secondary N) is 1. The van der Waals surface area contributed by atoms with Gasteiger partial charge >= 0.3 is 0 Å². The second-order valence-corrected chi connectivity index (χ2v) is 6.28. The van der Waals surface area contributed by atoms with Gasteiger partial charge in [0.25, 0.3) is 0 Å². The molecule has 7 nitrogen and oxygen atoms in total. The van der Waals surface area contributed by atoms with E-state index in [1.807, 2.05) is 26.4 Å². The smallest absolute Gasteiger partial charge is 0.240 e. The van der Waals surface area contributed by atoms with Gasteiger partial charge < -0.3 is 9.09 Å². The van der Waals surface area contributed by atoms with E-state index in [0.717, 1.165) is 37.4 Å². The summed E-state index contributed by atoms with van der Waals surface area (Å²) in [6.07, 6.45) is 7.07. The van der Waals surface area contributed by atoms with Crippen molar-refractivity contribution in [3.8, 4) is 0 Å². The van der Waals surface area contributed by atoms with Crippen LogP contribution >= 0.6 is 0 Å². The SMILES string of the molecule is Cc1cc(NC(=O)CN2CCC[C@@H](Cc3nccn3C)C2)on1. The molecule has 1 saturated heterocycles. The predicted molar refractivity (Wildman–Crippen MR) is 85.9 cm³/mol. The van der Waals surface area contributed by atoms with Crippen molar-refractivity contribution < 1.29 is 9.32 Å². The Labute approximate surface area is 135 Å². The monoisotopic (exact) mass is 317 g/mol. The van der Waals surface area contributed by atoms with Crippen LogP contribution in [0.4, 0.5) is 5.88 Å². The molecule has 0 radical (unpaired) electrons. The summed E-state index contributed by atoms with van der Waals surface area (Å²) in [5.74, 6) is 2.01. The highest BCUT2D eigenvalue weighted by molar-refractivity contribution is 5.90. The van der Waals surface area contributed by atoms with Crippen molar-refractivity contribution in [1.29, 1.82) is 0 Å². The number of carbonyl (C=O) groups excluding carboxylic acids is 1. The lowest BCUT2D eigenvalue weighted by Gasteiger charge is -2.31. The quantitative estimate of drug-likeness (QED) is 0.906. The number of amides is 1. The number of aryl methyl sites for hydroxylation is 2. The molecule has 0 bridgehead atoms. The van der Waals surface area contributed by atoms with E-state index in [1.54, 1.807) is 6.07 Å². The largest absolute Gasteiger partial charge is 0.338 e. The summed E-state index contributed by atoms with van der Waals surface area (Å²) in [4.78, 5) is 18.7. The van der Waals surface area contributed by atoms with Crippen molar-refractivity contribution >= 4 is 11.8 Å². The van der Waals surface area contributed by atoms with Crippen LogP contribution in [0.5, 0.6) is 0 Å². The Balaban J connectivity index is 1.50. The second kappa shape index (κ2) is 6.95. The maximum absolute atomic E-state index is 12.1. The molecule has 3 rings (SSSR count). The Morgan fingerprint density at radius 1 is 1.52 bits per heavy atom. The highest BCUT2D eigenvalue weighted by Crippen LogP contribution is 2.20. The number of likely N-dealkylation sites (tertiary alicyclic amines) is 1. The molecule has 0 spiro atoms. The minimum Gasteiger partial charge on any atom is -0.338 e. The number of piperidine rings is 1. The van der Waals surface area contributed by atoms with E-state index < -0.39 is 0 Å². The van der Waals surface area contributed by atoms with Crippen molar-refractivity contribution in [1.82, 2.24) is 19.6 Å². The third kappa shape index (κ3) is 4.19. The molecule has 1 aliphatic rings. The standard InChI is InChI=1S/C16H23N5O2/c1-12-8-16(23-19-12)18-15(22)11-21-6-3-4-13(10-21)9-14-17-5-7-20(14)2/h5,7-8,13H,3-4,6,9-11H2,1-2H3,(H,18,22)/t13-/m0/s1. The molecule has 7 heteroatoms. The Morgan fingerprint density at radius 2 is 2.39 bits per heavy atom. The Kier molecular flexibility index (Phi) is 4.76. The van der Waals surface area contributed by atoms with Gasteiger partial charge in [-0.15, -0.1) is 0 Å². The number of hydrogen-bond donors (Lipinski definition) is 1. The molecular weight excluding hydrogens is 294 g/mol. The fraction of sp³-hybridized carbons (Fsp3) is 0.562. The van der Waals surface area contributed by atoms with Crippen LogP contribution in [0.1, 0.15) is 24.4 Å². The molecule has 0 aromatic carbocycles. The van der Waals surface area contributed by atoms with E-state index in [2.05, 4.69) is 24.9 Å². The number of rotatable bonds is 5. The van der Waals surface area contributed by atoms with Gasteiger partial charge in [0, 0.05) is 38.5 Å². The maximum Gasteiger partial charge on any atom is 0.240 e. The zero-order valence-electron chi connectivity index (χ0n) is 13.7. The van der Waals surface area contributed by atoms with Gasteiger partial charge in [0.05, 0.1) is 12.2 Å². The molecule has 1 aliphatic heterocycles. The van der Waals surface area contributed by atoms with E-state index in [4.69, 9.17) is 4.52 Å². The number of hydrogen-bond acceptors (Lipinski definition) is 5. The summed E-state index contributed by atoms with van der Waals surface area (Å²) in [6.45, 7) is 4.10. The number of aromatic nitrogens is 3. The lowest BCUT2D eigenvalue weighted by atomic mass is 9.94. The van der Waals surface area contributed by atoms with Gasteiger partial charge in [0.1, 0.15) is 5.82 Å². The third-order valence-corrected chi connectivity index (χ3v) is 4.25. The fourth-order valence-corrected chi connectivity index (χ4v) is 3.12. The zero-order valence-corrected chi connectivity index (χ0v) is 13.7. The normalized spacial score (nSPS) is 19.0. The number of nitrogens with zero attached hydrogens (tertiary/aromatic N) is 4. The van der Waals surface area contributed by atoms with Crippen molar-refractivity contribution in [2.45, 2.75) is 26.2 Å². The number of anilines is 1. The minimum atomic E-state index is -0.0567. The summed E-state index contributed by atoms with van der Waals surface area (Å²) in [6, 6.07) is 1.72. The highest BCUT2D eigenvalue weighted by Gasteiger charge is 2.23. The second-order valence-electron chi connectivity index (χ2n) is 6.28. The van der Waals surface area contributed by atoms with Gasteiger partial charge in [0.15, 0.2) is 0 Å². The molecule has 2 aromatic heterocycles. The van der Waals surface area contributed by atoms with Crippen LogP contribution in [0.2, 0.25) is 0 Å². The lowest BCUT2D eigenvalue weighted by Crippen LogP contribution is -2.41. The molecule has 0 saturated carbocycles. The lowest BCUT2D eigenvalue weighted by molar-refractivity contribution is -0.117. The van der Waals surface area contributed by atoms with E-state index in [-0.39, 0.29) is 5.91 Å². The molecule has 3 heterocycles. The van der Waals surface area contributed by atoms with Crippen LogP contribution in [0.3, 0.4) is 0 Å². The fourth-order valence-electron chi connectivity index (χ4n) is 3.12. The van der Waals surface area contributed by atoms with E-state index >= 15 is 0 Å². The van der Waals surface area contributed by atoms with Crippen LogP contribution < -0.4 is 5.32 Å². The summed E-state index contributed by atoms with van der Waals surface area (Å²) in [7, 11) is 2.02. The zero-order chi connectivity index (χ0) is 16.2. The van der Waals surface area contributed by atoms with Crippen LogP contribution in [0.15, 0.2) is 23.0 Å². The van der Waals surface area contributed by atoms with Crippen LogP contribution in [-0.2, 0) is 18.3 Å². The minimum absolute atomic E-state index is 0.0567. The van der Waals surface area contributed by atoms with E-state index in [0.29, 0.717) is 18.3 Å². The Hall–Kier alpha value is -2.15.